The molecule has 0 atom stereocenters. The van der Waals surface area contributed by atoms with Gasteiger partial charge in [0.05, 0.1) is 17.0 Å². The molecule has 0 aliphatic heterocycles. The van der Waals surface area contributed by atoms with Gasteiger partial charge in [0.15, 0.2) is 0 Å². The van der Waals surface area contributed by atoms with Gasteiger partial charge < -0.3 is 5.73 Å². The van der Waals surface area contributed by atoms with Crippen LogP contribution in [-0.4, -0.2) is 36.0 Å². The van der Waals surface area contributed by atoms with Crippen LogP contribution in [0.2, 0.25) is 0 Å². The van der Waals surface area contributed by atoms with Crippen LogP contribution in [0.4, 0.5) is 0 Å². The molecule has 2 aromatic rings. The summed E-state index contributed by atoms with van der Waals surface area (Å²) in [5.41, 5.74) is 6.78. The quantitative estimate of drug-likeness (QED) is 0.808. The first-order valence-corrected chi connectivity index (χ1v) is 7.48. The van der Waals surface area contributed by atoms with Crippen molar-refractivity contribution in [3.8, 4) is 0 Å². The number of hydrogen-bond donors (Lipinski definition) is 2. The minimum absolute atomic E-state index is 0.159. The van der Waals surface area contributed by atoms with E-state index in [1.807, 2.05) is 0 Å². The van der Waals surface area contributed by atoms with E-state index in [9.17, 15) is 8.42 Å². The summed E-state index contributed by atoms with van der Waals surface area (Å²) in [5.74, 6) is 0. The van der Waals surface area contributed by atoms with Crippen LogP contribution in [0.1, 0.15) is 13.8 Å². The van der Waals surface area contributed by atoms with Crippen LogP contribution >= 0.6 is 0 Å². The smallest absolute Gasteiger partial charge is 0.240 e. The summed E-state index contributed by atoms with van der Waals surface area (Å²) in [7, 11) is -3.51. The van der Waals surface area contributed by atoms with Crippen LogP contribution in [-0.2, 0) is 16.6 Å². The normalized spacial score (nSPS) is 12.4. The van der Waals surface area contributed by atoms with Crippen molar-refractivity contribution >= 4 is 21.1 Å². The number of rotatable bonds is 5. The first kappa shape index (κ1) is 13.9. The van der Waals surface area contributed by atoms with Crippen molar-refractivity contribution in [2.45, 2.75) is 31.3 Å². The largest absolute Gasteiger partial charge is 0.329 e. The second kappa shape index (κ2) is 5.24. The van der Waals surface area contributed by atoms with E-state index in [4.69, 9.17) is 5.73 Å². The number of hydrogen-bond acceptors (Lipinski definition) is 5. The Bertz CT molecular complexity index is 677. The number of benzene rings is 1. The maximum Gasteiger partial charge on any atom is 0.240 e. The van der Waals surface area contributed by atoms with Gasteiger partial charge >= 0.3 is 0 Å². The lowest BCUT2D eigenvalue weighted by Gasteiger charge is -2.09. The van der Waals surface area contributed by atoms with Crippen molar-refractivity contribution < 1.29 is 8.42 Å². The SMILES string of the molecule is CC(C)NS(=O)(=O)c1ccc2c(c1)nnn2CCN. The molecule has 0 spiro atoms. The number of nitrogens with zero attached hydrogens (tertiary/aromatic N) is 3. The fourth-order valence-corrected chi connectivity index (χ4v) is 3.06. The molecule has 19 heavy (non-hydrogen) atoms. The molecule has 104 valence electrons. The standard InChI is InChI=1S/C11H17N5O2S/c1-8(2)14-19(17,18)9-3-4-11-10(7-9)13-15-16(11)6-5-12/h3-4,7-8,14H,5-6,12H2,1-2H3. The molecular formula is C11H17N5O2S. The van der Waals surface area contributed by atoms with Crippen LogP contribution in [0.3, 0.4) is 0 Å². The van der Waals surface area contributed by atoms with E-state index >= 15 is 0 Å². The summed E-state index contributed by atoms with van der Waals surface area (Å²) in [6.07, 6.45) is 0. The summed E-state index contributed by atoms with van der Waals surface area (Å²) in [6, 6.07) is 4.59. The molecule has 1 heterocycles. The van der Waals surface area contributed by atoms with E-state index in [1.54, 1.807) is 30.7 Å². The van der Waals surface area contributed by atoms with E-state index in [0.717, 1.165) is 5.52 Å². The molecule has 3 N–H and O–H groups in total. The number of fused-ring (bicyclic) bond motifs is 1. The second-order valence-electron chi connectivity index (χ2n) is 4.53. The van der Waals surface area contributed by atoms with Crippen molar-refractivity contribution in [3.63, 3.8) is 0 Å². The van der Waals surface area contributed by atoms with Gasteiger partial charge in [-0.05, 0) is 32.0 Å². The van der Waals surface area contributed by atoms with Crippen LogP contribution in [0.5, 0.6) is 0 Å². The Morgan fingerprint density at radius 2 is 2.16 bits per heavy atom. The minimum atomic E-state index is -3.51. The van der Waals surface area contributed by atoms with Crippen LogP contribution in [0, 0.1) is 0 Å². The fraction of sp³-hybridized carbons (Fsp3) is 0.455. The minimum Gasteiger partial charge on any atom is -0.329 e. The molecule has 0 unspecified atom stereocenters. The average molecular weight is 283 g/mol. The molecule has 0 radical (unpaired) electrons. The fourth-order valence-electron chi connectivity index (χ4n) is 1.78. The molecule has 0 fully saturated rings. The third-order valence-electron chi connectivity index (χ3n) is 2.53. The molecule has 8 heteroatoms. The maximum atomic E-state index is 12.0. The molecule has 0 saturated carbocycles. The monoisotopic (exact) mass is 283 g/mol. The van der Waals surface area contributed by atoms with Crippen LogP contribution in [0.25, 0.3) is 11.0 Å². The number of nitrogens with one attached hydrogen (secondary N) is 1. The summed E-state index contributed by atoms with van der Waals surface area (Å²) in [6.45, 7) is 4.54. The molecule has 0 aliphatic carbocycles. The molecule has 1 aromatic carbocycles. The van der Waals surface area contributed by atoms with Gasteiger partial charge in [-0.3, -0.25) is 0 Å². The lowest BCUT2D eigenvalue weighted by molar-refractivity contribution is 0.570. The van der Waals surface area contributed by atoms with E-state index in [-0.39, 0.29) is 10.9 Å². The van der Waals surface area contributed by atoms with E-state index in [1.165, 1.54) is 6.07 Å². The van der Waals surface area contributed by atoms with Gasteiger partial charge in [0.25, 0.3) is 0 Å². The molecule has 0 saturated heterocycles. The topological polar surface area (TPSA) is 103 Å². The van der Waals surface area contributed by atoms with Crippen LogP contribution in [0.15, 0.2) is 23.1 Å². The molecule has 2 rings (SSSR count). The summed E-state index contributed by atoms with van der Waals surface area (Å²) < 4.78 is 28.2. The Morgan fingerprint density at radius 3 is 2.79 bits per heavy atom. The molecular weight excluding hydrogens is 266 g/mol. The zero-order valence-corrected chi connectivity index (χ0v) is 11.7. The van der Waals surface area contributed by atoms with E-state index in [2.05, 4.69) is 15.0 Å². The average Bonchev–Trinajstić information content (AvgIpc) is 2.71. The highest BCUT2D eigenvalue weighted by Gasteiger charge is 2.17. The molecule has 7 nitrogen and oxygen atoms in total. The Balaban J connectivity index is 2.43. The molecule has 0 aliphatic rings. The highest BCUT2D eigenvalue weighted by Crippen LogP contribution is 2.17. The van der Waals surface area contributed by atoms with Crippen molar-refractivity contribution in [1.82, 2.24) is 19.7 Å². The van der Waals surface area contributed by atoms with Gasteiger partial charge in [0.2, 0.25) is 10.0 Å². The van der Waals surface area contributed by atoms with Crippen molar-refractivity contribution in [3.05, 3.63) is 18.2 Å². The molecule has 0 amide bonds. The molecule has 0 bridgehead atoms. The van der Waals surface area contributed by atoms with Crippen molar-refractivity contribution in [1.29, 1.82) is 0 Å². The Labute approximate surface area is 111 Å². The highest BCUT2D eigenvalue weighted by atomic mass is 32.2. The lowest BCUT2D eigenvalue weighted by atomic mass is 10.3. The third kappa shape index (κ3) is 2.91. The first-order chi connectivity index (χ1) is 8.94. The van der Waals surface area contributed by atoms with Gasteiger partial charge in [-0.25, -0.2) is 17.8 Å². The number of aromatic nitrogens is 3. The van der Waals surface area contributed by atoms with Crippen LogP contribution < -0.4 is 10.5 Å². The Hall–Kier alpha value is -1.51. The third-order valence-corrected chi connectivity index (χ3v) is 4.18. The van der Waals surface area contributed by atoms with Crippen molar-refractivity contribution in [2.75, 3.05) is 6.54 Å². The lowest BCUT2D eigenvalue weighted by Crippen LogP contribution is -2.30. The van der Waals surface area contributed by atoms with Gasteiger partial charge in [-0.1, -0.05) is 5.21 Å². The predicted octanol–water partition coefficient (Wildman–Crippen LogP) is 0.0767. The first-order valence-electron chi connectivity index (χ1n) is 5.99. The Kier molecular flexibility index (Phi) is 3.83. The number of nitrogens with two attached hydrogens (primary N) is 1. The van der Waals surface area contributed by atoms with Crippen molar-refractivity contribution in [2.24, 2.45) is 5.73 Å². The van der Waals surface area contributed by atoms with Gasteiger partial charge in [-0.15, -0.1) is 5.10 Å². The summed E-state index contributed by atoms with van der Waals surface area (Å²) >= 11 is 0. The summed E-state index contributed by atoms with van der Waals surface area (Å²) in [4.78, 5) is 0.188. The number of sulfonamides is 1. The maximum absolute atomic E-state index is 12.0. The van der Waals surface area contributed by atoms with E-state index < -0.39 is 10.0 Å². The zero-order valence-electron chi connectivity index (χ0n) is 10.9. The molecule has 1 aromatic heterocycles. The van der Waals surface area contributed by atoms with Gasteiger partial charge in [0, 0.05) is 12.6 Å². The van der Waals surface area contributed by atoms with E-state index in [0.29, 0.717) is 18.6 Å². The Morgan fingerprint density at radius 1 is 1.42 bits per heavy atom. The predicted molar refractivity (Wildman–Crippen MR) is 72.0 cm³/mol. The summed E-state index contributed by atoms with van der Waals surface area (Å²) in [5, 5.41) is 7.90. The second-order valence-corrected chi connectivity index (χ2v) is 6.24. The highest BCUT2D eigenvalue weighted by molar-refractivity contribution is 7.89. The van der Waals surface area contributed by atoms with Gasteiger partial charge in [0.1, 0.15) is 5.52 Å². The zero-order chi connectivity index (χ0) is 14.0. The van der Waals surface area contributed by atoms with Gasteiger partial charge in [-0.2, -0.15) is 0 Å².